The molecule has 1 N–H and O–H groups in total. The number of benzene rings is 1. The minimum Gasteiger partial charge on any atom is -0.472 e. The molecule has 3 rings (SSSR count). The zero-order valence-corrected chi connectivity index (χ0v) is 13.6. The lowest BCUT2D eigenvalue weighted by atomic mass is 10.00. The van der Waals surface area contributed by atoms with Gasteiger partial charge in [-0.05, 0) is 37.5 Å². The third-order valence-electron chi connectivity index (χ3n) is 4.31. The molecule has 0 unspecified atom stereocenters. The van der Waals surface area contributed by atoms with Crippen molar-refractivity contribution in [1.82, 2.24) is 4.90 Å². The SMILES string of the molecule is Cc1c(Br)cc2c(c1C)OCN([C@H]1COCC[C@@H]1O)C2=O. The molecule has 6 heteroatoms. The van der Waals surface area contributed by atoms with Crippen LogP contribution in [0.1, 0.15) is 27.9 Å². The highest BCUT2D eigenvalue weighted by molar-refractivity contribution is 9.10. The van der Waals surface area contributed by atoms with Crippen LogP contribution in [0.25, 0.3) is 0 Å². The summed E-state index contributed by atoms with van der Waals surface area (Å²) in [6, 6.07) is 1.45. The molecule has 1 saturated heterocycles. The molecule has 114 valence electrons. The van der Waals surface area contributed by atoms with E-state index in [0.29, 0.717) is 30.9 Å². The standard InChI is InChI=1S/C15H18BrNO4/c1-8-9(2)14-10(5-11(8)16)15(19)17(7-21-14)12-6-20-4-3-13(12)18/h5,12-13,18H,3-4,6-7H2,1-2H3/t12-,13-/m0/s1. The van der Waals surface area contributed by atoms with Crippen LogP contribution in [0.15, 0.2) is 10.5 Å². The van der Waals surface area contributed by atoms with Crippen molar-refractivity contribution in [2.24, 2.45) is 0 Å². The second kappa shape index (κ2) is 5.59. The van der Waals surface area contributed by atoms with Crippen molar-refractivity contribution in [3.05, 3.63) is 27.2 Å². The molecule has 2 atom stereocenters. The highest BCUT2D eigenvalue weighted by Gasteiger charge is 2.37. The Labute approximate surface area is 132 Å². The largest absolute Gasteiger partial charge is 0.472 e. The molecule has 1 aromatic carbocycles. The van der Waals surface area contributed by atoms with Crippen LogP contribution in [0, 0.1) is 13.8 Å². The predicted molar refractivity (Wildman–Crippen MR) is 80.5 cm³/mol. The average Bonchev–Trinajstić information content (AvgIpc) is 2.47. The number of aliphatic hydroxyl groups is 1. The van der Waals surface area contributed by atoms with Gasteiger partial charge in [-0.2, -0.15) is 0 Å². The summed E-state index contributed by atoms with van der Waals surface area (Å²) in [5.41, 5.74) is 2.57. The van der Waals surface area contributed by atoms with Crippen LogP contribution < -0.4 is 4.74 Å². The van der Waals surface area contributed by atoms with E-state index in [1.807, 2.05) is 13.8 Å². The van der Waals surface area contributed by atoms with Crippen molar-refractivity contribution in [2.45, 2.75) is 32.4 Å². The van der Waals surface area contributed by atoms with E-state index in [0.717, 1.165) is 15.6 Å². The molecule has 2 heterocycles. The number of fused-ring (bicyclic) bond motifs is 1. The van der Waals surface area contributed by atoms with Gasteiger partial charge in [0.25, 0.3) is 5.91 Å². The van der Waals surface area contributed by atoms with Crippen LogP contribution in [0.3, 0.4) is 0 Å². The van der Waals surface area contributed by atoms with Gasteiger partial charge in [-0.25, -0.2) is 0 Å². The topological polar surface area (TPSA) is 59.0 Å². The normalized spacial score (nSPS) is 25.5. The van der Waals surface area contributed by atoms with E-state index in [2.05, 4.69) is 15.9 Å². The average molecular weight is 356 g/mol. The number of ether oxygens (including phenoxy) is 2. The van der Waals surface area contributed by atoms with E-state index in [-0.39, 0.29) is 18.7 Å². The fraction of sp³-hybridized carbons (Fsp3) is 0.533. The maximum atomic E-state index is 12.7. The fourth-order valence-corrected chi connectivity index (χ4v) is 3.33. The Morgan fingerprint density at radius 2 is 2.14 bits per heavy atom. The van der Waals surface area contributed by atoms with E-state index >= 15 is 0 Å². The van der Waals surface area contributed by atoms with E-state index in [1.54, 1.807) is 11.0 Å². The first-order chi connectivity index (χ1) is 10.0. The lowest BCUT2D eigenvalue weighted by Crippen LogP contribution is -2.55. The maximum Gasteiger partial charge on any atom is 0.260 e. The molecule has 0 saturated carbocycles. The van der Waals surface area contributed by atoms with Gasteiger partial charge in [0.2, 0.25) is 0 Å². The summed E-state index contributed by atoms with van der Waals surface area (Å²) < 4.78 is 12.1. The zero-order chi connectivity index (χ0) is 15.1. The lowest BCUT2D eigenvalue weighted by molar-refractivity contribution is -0.0697. The van der Waals surface area contributed by atoms with E-state index in [9.17, 15) is 9.90 Å². The van der Waals surface area contributed by atoms with Gasteiger partial charge in [-0.1, -0.05) is 15.9 Å². The quantitative estimate of drug-likeness (QED) is 0.836. The Bertz CT molecular complexity index is 590. The number of rotatable bonds is 1. The van der Waals surface area contributed by atoms with Crippen LogP contribution in [0.4, 0.5) is 0 Å². The van der Waals surface area contributed by atoms with Gasteiger partial charge in [0.15, 0.2) is 6.73 Å². The monoisotopic (exact) mass is 355 g/mol. The summed E-state index contributed by atoms with van der Waals surface area (Å²) in [4.78, 5) is 14.3. The third-order valence-corrected chi connectivity index (χ3v) is 5.13. The second-order valence-electron chi connectivity index (χ2n) is 5.53. The van der Waals surface area contributed by atoms with Gasteiger partial charge in [0.05, 0.1) is 24.3 Å². The number of halogens is 1. The first-order valence-electron chi connectivity index (χ1n) is 7.00. The summed E-state index contributed by atoms with van der Waals surface area (Å²) in [5, 5.41) is 10.1. The van der Waals surface area contributed by atoms with Gasteiger partial charge in [-0.15, -0.1) is 0 Å². The first-order valence-corrected chi connectivity index (χ1v) is 7.79. The Morgan fingerprint density at radius 1 is 1.38 bits per heavy atom. The third kappa shape index (κ3) is 2.45. The van der Waals surface area contributed by atoms with Crippen molar-refractivity contribution in [3.8, 4) is 5.75 Å². The highest BCUT2D eigenvalue weighted by Crippen LogP contribution is 2.36. The van der Waals surface area contributed by atoms with E-state index in [4.69, 9.17) is 9.47 Å². The number of aliphatic hydroxyl groups excluding tert-OH is 1. The van der Waals surface area contributed by atoms with Crippen molar-refractivity contribution in [2.75, 3.05) is 19.9 Å². The summed E-state index contributed by atoms with van der Waals surface area (Å²) >= 11 is 3.48. The molecular formula is C15H18BrNO4. The summed E-state index contributed by atoms with van der Waals surface area (Å²) in [6.45, 7) is 4.95. The molecule has 0 aromatic heterocycles. The number of carbonyl (C=O) groups excluding carboxylic acids is 1. The molecule has 0 aliphatic carbocycles. The number of hydrogen-bond donors (Lipinski definition) is 1. The Hall–Kier alpha value is -1.11. The zero-order valence-electron chi connectivity index (χ0n) is 12.1. The molecule has 0 radical (unpaired) electrons. The van der Waals surface area contributed by atoms with Gasteiger partial charge in [0, 0.05) is 11.1 Å². The van der Waals surface area contributed by atoms with Crippen LogP contribution in [-0.2, 0) is 4.74 Å². The number of carbonyl (C=O) groups is 1. The molecule has 0 bridgehead atoms. The van der Waals surface area contributed by atoms with Gasteiger partial charge >= 0.3 is 0 Å². The van der Waals surface area contributed by atoms with Crippen LogP contribution in [-0.4, -0.2) is 48.0 Å². The van der Waals surface area contributed by atoms with Crippen molar-refractivity contribution in [1.29, 1.82) is 0 Å². The van der Waals surface area contributed by atoms with Gasteiger partial charge in [0.1, 0.15) is 5.75 Å². The minimum absolute atomic E-state index is 0.116. The molecule has 2 aliphatic heterocycles. The van der Waals surface area contributed by atoms with Crippen molar-refractivity contribution in [3.63, 3.8) is 0 Å². The molecule has 1 amide bonds. The highest BCUT2D eigenvalue weighted by atomic mass is 79.9. The second-order valence-corrected chi connectivity index (χ2v) is 6.39. The van der Waals surface area contributed by atoms with Gasteiger partial charge < -0.3 is 14.6 Å². The molecular weight excluding hydrogens is 338 g/mol. The fourth-order valence-electron chi connectivity index (χ4n) is 2.80. The molecule has 21 heavy (non-hydrogen) atoms. The van der Waals surface area contributed by atoms with Crippen molar-refractivity contribution >= 4 is 21.8 Å². The molecule has 1 aromatic rings. The number of amides is 1. The Kier molecular flexibility index (Phi) is 3.94. The first kappa shape index (κ1) is 14.8. The maximum absolute atomic E-state index is 12.7. The smallest absolute Gasteiger partial charge is 0.260 e. The summed E-state index contributed by atoms with van der Waals surface area (Å²) in [5.74, 6) is 0.526. The number of nitrogens with zero attached hydrogens (tertiary/aromatic N) is 1. The molecule has 1 fully saturated rings. The molecule has 0 spiro atoms. The minimum atomic E-state index is -0.567. The van der Waals surface area contributed by atoms with E-state index < -0.39 is 6.10 Å². The molecule has 2 aliphatic rings. The predicted octanol–water partition coefficient (Wildman–Crippen LogP) is 2.01. The lowest BCUT2D eigenvalue weighted by Gasteiger charge is -2.39. The van der Waals surface area contributed by atoms with Crippen LogP contribution in [0.2, 0.25) is 0 Å². The van der Waals surface area contributed by atoms with Gasteiger partial charge in [-0.3, -0.25) is 9.69 Å². The summed E-state index contributed by atoms with van der Waals surface area (Å²) in [7, 11) is 0. The van der Waals surface area contributed by atoms with Crippen LogP contribution >= 0.6 is 15.9 Å². The van der Waals surface area contributed by atoms with E-state index in [1.165, 1.54) is 0 Å². The summed E-state index contributed by atoms with van der Waals surface area (Å²) in [6.07, 6.45) is -0.0272. The van der Waals surface area contributed by atoms with Crippen LogP contribution in [0.5, 0.6) is 5.75 Å². The Balaban J connectivity index is 1.95. The number of hydrogen-bond acceptors (Lipinski definition) is 4. The molecule has 5 nitrogen and oxygen atoms in total. The van der Waals surface area contributed by atoms with Crippen molar-refractivity contribution < 1.29 is 19.4 Å². The Morgan fingerprint density at radius 3 is 2.86 bits per heavy atom.